The Morgan fingerprint density at radius 1 is 0.968 bits per heavy atom. The fourth-order valence-electron chi connectivity index (χ4n) is 4.65. The number of rotatable bonds is 5. The lowest BCUT2D eigenvalue weighted by atomic mass is 9.96. The number of nitrogens with one attached hydrogen (secondary N) is 1. The van der Waals surface area contributed by atoms with E-state index in [4.69, 9.17) is 0 Å². The number of piperidine rings is 2. The lowest BCUT2D eigenvalue weighted by molar-refractivity contribution is -0.121. The smallest absolute Gasteiger partial charge is 0.253 e. The fraction of sp³-hybridized carbons (Fsp3) is 0.462. The van der Waals surface area contributed by atoms with Gasteiger partial charge in [0.15, 0.2) is 0 Å². The Labute approximate surface area is 185 Å². The Bertz CT molecular complexity index is 903. The normalized spacial score (nSPS) is 19.8. The van der Waals surface area contributed by atoms with E-state index in [1.54, 1.807) is 0 Å². The SMILES string of the molecule is Cc1cccc(C(=O)N2CCCC(C(=O)Nc3ccc(CN4CCCCC4)cc3)C2)c1. The number of hydrogen-bond acceptors (Lipinski definition) is 3. The molecule has 1 N–H and O–H groups in total. The van der Waals surface area contributed by atoms with Crippen LogP contribution in [0.15, 0.2) is 48.5 Å². The van der Waals surface area contributed by atoms with Crippen molar-refractivity contribution < 1.29 is 9.59 Å². The first-order valence-electron chi connectivity index (χ1n) is 11.6. The first-order chi connectivity index (χ1) is 15.1. The number of hydrogen-bond donors (Lipinski definition) is 1. The van der Waals surface area contributed by atoms with Gasteiger partial charge in [-0.15, -0.1) is 0 Å². The average molecular weight is 420 g/mol. The highest BCUT2D eigenvalue weighted by molar-refractivity contribution is 5.96. The van der Waals surface area contributed by atoms with Crippen LogP contribution >= 0.6 is 0 Å². The van der Waals surface area contributed by atoms with Crippen LogP contribution in [0.4, 0.5) is 5.69 Å². The molecule has 31 heavy (non-hydrogen) atoms. The van der Waals surface area contributed by atoms with Gasteiger partial charge in [-0.2, -0.15) is 0 Å². The molecule has 1 unspecified atom stereocenters. The van der Waals surface area contributed by atoms with Crippen molar-refractivity contribution in [2.75, 3.05) is 31.5 Å². The number of likely N-dealkylation sites (tertiary alicyclic amines) is 2. The van der Waals surface area contributed by atoms with Gasteiger partial charge in [-0.1, -0.05) is 36.2 Å². The van der Waals surface area contributed by atoms with Gasteiger partial charge in [0.1, 0.15) is 0 Å². The van der Waals surface area contributed by atoms with Crippen molar-refractivity contribution in [3.05, 3.63) is 65.2 Å². The van der Waals surface area contributed by atoms with Gasteiger partial charge in [-0.05, 0) is 75.5 Å². The highest BCUT2D eigenvalue weighted by Crippen LogP contribution is 2.22. The highest BCUT2D eigenvalue weighted by Gasteiger charge is 2.29. The maximum Gasteiger partial charge on any atom is 0.253 e. The number of carbonyl (C=O) groups is 2. The van der Waals surface area contributed by atoms with E-state index in [1.165, 1.54) is 37.9 Å². The summed E-state index contributed by atoms with van der Waals surface area (Å²) in [6.45, 7) is 6.51. The molecule has 2 saturated heterocycles. The maximum atomic E-state index is 12.9. The minimum atomic E-state index is -0.171. The van der Waals surface area contributed by atoms with E-state index in [2.05, 4.69) is 22.3 Å². The molecular weight excluding hydrogens is 386 g/mol. The lowest BCUT2D eigenvalue weighted by Crippen LogP contribution is -2.43. The Kier molecular flexibility index (Phi) is 7.03. The topological polar surface area (TPSA) is 52.7 Å². The second kappa shape index (κ2) is 10.1. The zero-order chi connectivity index (χ0) is 21.6. The Morgan fingerprint density at radius 2 is 1.74 bits per heavy atom. The summed E-state index contributed by atoms with van der Waals surface area (Å²) in [4.78, 5) is 30.1. The number of aryl methyl sites for hydroxylation is 1. The molecule has 5 heteroatoms. The summed E-state index contributed by atoms with van der Waals surface area (Å²) in [5.74, 6) is -0.149. The molecule has 2 fully saturated rings. The second-order valence-electron chi connectivity index (χ2n) is 8.98. The number of benzene rings is 2. The Morgan fingerprint density at radius 3 is 2.48 bits per heavy atom. The first-order valence-corrected chi connectivity index (χ1v) is 11.6. The zero-order valence-electron chi connectivity index (χ0n) is 18.5. The van der Waals surface area contributed by atoms with Gasteiger partial charge in [-0.3, -0.25) is 14.5 Å². The molecule has 4 rings (SSSR count). The van der Waals surface area contributed by atoms with Crippen LogP contribution in [0.1, 0.15) is 53.6 Å². The van der Waals surface area contributed by atoms with Crippen molar-refractivity contribution in [3.8, 4) is 0 Å². The van der Waals surface area contributed by atoms with Gasteiger partial charge in [-0.25, -0.2) is 0 Å². The van der Waals surface area contributed by atoms with Crippen LogP contribution in [-0.4, -0.2) is 47.8 Å². The predicted octanol–water partition coefficient (Wildman–Crippen LogP) is 4.47. The maximum absolute atomic E-state index is 12.9. The third-order valence-electron chi connectivity index (χ3n) is 6.42. The zero-order valence-corrected chi connectivity index (χ0v) is 18.5. The van der Waals surface area contributed by atoms with Crippen LogP contribution in [0.2, 0.25) is 0 Å². The predicted molar refractivity (Wildman–Crippen MR) is 124 cm³/mol. The van der Waals surface area contributed by atoms with Gasteiger partial charge >= 0.3 is 0 Å². The van der Waals surface area contributed by atoms with E-state index in [0.29, 0.717) is 18.7 Å². The monoisotopic (exact) mass is 419 g/mol. The third kappa shape index (κ3) is 5.73. The molecular formula is C26H33N3O2. The molecule has 0 aromatic heterocycles. The molecule has 0 radical (unpaired) electrons. The summed E-state index contributed by atoms with van der Waals surface area (Å²) in [7, 11) is 0. The third-order valence-corrected chi connectivity index (χ3v) is 6.42. The van der Waals surface area contributed by atoms with E-state index < -0.39 is 0 Å². The van der Waals surface area contributed by atoms with Crippen molar-refractivity contribution in [1.29, 1.82) is 0 Å². The van der Waals surface area contributed by atoms with Crippen molar-refractivity contribution >= 4 is 17.5 Å². The van der Waals surface area contributed by atoms with Crippen LogP contribution in [0, 0.1) is 12.8 Å². The minimum Gasteiger partial charge on any atom is -0.338 e. The molecule has 5 nitrogen and oxygen atoms in total. The molecule has 2 amide bonds. The molecule has 0 bridgehead atoms. The number of nitrogens with zero attached hydrogens (tertiary/aromatic N) is 2. The van der Waals surface area contributed by atoms with Crippen molar-refractivity contribution in [2.45, 2.75) is 45.6 Å². The minimum absolute atomic E-state index is 0.00511. The molecule has 2 aromatic carbocycles. The summed E-state index contributed by atoms with van der Waals surface area (Å²) >= 11 is 0. The van der Waals surface area contributed by atoms with Crippen molar-refractivity contribution in [3.63, 3.8) is 0 Å². The second-order valence-corrected chi connectivity index (χ2v) is 8.98. The van der Waals surface area contributed by atoms with E-state index >= 15 is 0 Å². The molecule has 2 aromatic rings. The van der Waals surface area contributed by atoms with Crippen LogP contribution in [0.5, 0.6) is 0 Å². The van der Waals surface area contributed by atoms with Crippen LogP contribution < -0.4 is 5.32 Å². The standard InChI is InChI=1S/C26H33N3O2/c1-20-7-5-8-22(17-20)26(31)29-16-6-9-23(19-29)25(30)27-24-12-10-21(11-13-24)18-28-14-3-2-4-15-28/h5,7-8,10-13,17,23H,2-4,6,9,14-16,18-19H2,1H3,(H,27,30). The lowest BCUT2D eigenvalue weighted by Gasteiger charge is -2.32. The molecule has 1 atom stereocenters. The summed E-state index contributed by atoms with van der Waals surface area (Å²) in [5, 5.41) is 3.06. The Balaban J connectivity index is 1.32. The fourth-order valence-corrected chi connectivity index (χ4v) is 4.65. The van der Waals surface area contributed by atoms with E-state index in [-0.39, 0.29) is 17.7 Å². The molecule has 0 aliphatic carbocycles. The number of carbonyl (C=O) groups excluding carboxylic acids is 2. The number of amides is 2. The molecule has 0 saturated carbocycles. The molecule has 164 valence electrons. The largest absolute Gasteiger partial charge is 0.338 e. The average Bonchev–Trinajstić information content (AvgIpc) is 2.80. The van der Waals surface area contributed by atoms with Crippen LogP contribution in [-0.2, 0) is 11.3 Å². The summed E-state index contributed by atoms with van der Waals surface area (Å²) in [6, 6.07) is 15.9. The highest BCUT2D eigenvalue weighted by atomic mass is 16.2. The first kappa shape index (κ1) is 21.6. The summed E-state index contributed by atoms with van der Waals surface area (Å²) < 4.78 is 0. The van der Waals surface area contributed by atoms with Crippen molar-refractivity contribution in [1.82, 2.24) is 9.80 Å². The van der Waals surface area contributed by atoms with E-state index in [0.717, 1.165) is 30.6 Å². The molecule has 2 aliphatic heterocycles. The van der Waals surface area contributed by atoms with Gasteiger partial charge < -0.3 is 10.2 Å². The molecule has 2 heterocycles. The van der Waals surface area contributed by atoms with Crippen molar-refractivity contribution in [2.24, 2.45) is 5.92 Å². The number of anilines is 1. The van der Waals surface area contributed by atoms with Gasteiger partial charge in [0, 0.05) is 30.9 Å². The molecule has 0 spiro atoms. The van der Waals surface area contributed by atoms with Crippen LogP contribution in [0.3, 0.4) is 0 Å². The summed E-state index contributed by atoms with van der Waals surface area (Å²) in [6.07, 6.45) is 5.59. The molecule has 2 aliphatic rings. The van der Waals surface area contributed by atoms with Crippen LogP contribution in [0.25, 0.3) is 0 Å². The summed E-state index contributed by atoms with van der Waals surface area (Å²) in [5.41, 5.74) is 3.88. The van der Waals surface area contributed by atoms with Gasteiger partial charge in [0.05, 0.1) is 5.92 Å². The Hall–Kier alpha value is -2.66. The van der Waals surface area contributed by atoms with Gasteiger partial charge in [0.25, 0.3) is 5.91 Å². The van der Waals surface area contributed by atoms with Gasteiger partial charge in [0.2, 0.25) is 5.91 Å². The van der Waals surface area contributed by atoms with E-state index in [1.807, 2.05) is 48.2 Å². The quantitative estimate of drug-likeness (QED) is 0.778. The van der Waals surface area contributed by atoms with E-state index in [9.17, 15) is 9.59 Å².